The lowest BCUT2D eigenvalue weighted by atomic mass is 9.95. The summed E-state index contributed by atoms with van der Waals surface area (Å²) in [5.74, 6) is -0.839. The maximum Gasteiger partial charge on any atom is 0.335 e. The van der Waals surface area contributed by atoms with E-state index in [-0.39, 0.29) is 11.5 Å². The van der Waals surface area contributed by atoms with Crippen molar-refractivity contribution in [3.05, 3.63) is 34.9 Å². The molecule has 0 bridgehead atoms. The molecule has 1 amide bonds. The monoisotopic (exact) mass is 247 g/mol. The fourth-order valence-corrected chi connectivity index (χ4v) is 2.15. The van der Waals surface area contributed by atoms with Crippen molar-refractivity contribution in [2.75, 3.05) is 0 Å². The Morgan fingerprint density at radius 1 is 1.17 bits per heavy atom. The van der Waals surface area contributed by atoms with Gasteiger partial charge in [-0.05, 0) is 23.3 Å². The Kier molecular flexibility index (Phi) is 2.89. The Morgan fingerprint density at radius 2 is 1.78 bits per heavy atom. The van der Waals surface area contributed by atoms with Crippen LogP contribution in [0.4, 0.5) is 0 Å². The molecule has 1 N–H and O–H groups in total. The van der Waals surface area contributed by atoms with Gasteiger partial charge in [0.05, 0.1) is 5.56 Å². The quantitative estimate of drug-likeness (QED) is 0.828. The van der Waals surface area contributed by atoms with Gasteiger partial charge in [-0.3, -0.25) is 4.79 Å². The average Bonchev–Trinajstić information content (AvgIpc) is 2.68. The van der Waals surface area contributed by atoms with Crippen molar-refractivity contribution in [3.8, 4) is 0 Å². The lowest BCUT2D eigenvalue weighted by molar-refractivity contribution is -0.140. The summed E-state index contributed by atoms with van der Waals surface area (Å²) in [5.41, 5.74) is 1.85. The van der Waals surface area contributed by atoms with Crippen molar-refractivity contribution in [2.45, 2.75) is 33.9 Å². The molecular weight excluding hydrogens is 230 g/mol. The third-order valence-corrected chi connectivity index (χ3v) is 3.10. The molecule has 1 aromatic rings. The average molecular weight is 247 g/mol. The Morgan fingerprint density at radius 3 is 2.33 bits per heavy atom. The van der Waals surface area contributed by atoms with Gasteiger partial charge >= 0.3 is 5.97 Å². The minimum Gasteiger partial charge on any atom is -0.478 e. The van der Waals surface area contributed by atoms with Crippen LogP contribution >= 0.6 is 0 Å². The largest absolute Gasteiger partial charge is 0.478 e. The number of carbonyl (C=O) groups is 2. The van der Waals surface area contributed by atoms with Gasteiger partial charge in [0.15, 0.2) is 0 Å². The number of benzene rings is 1. The van der Waals surface area contributed by atoms with Crippen molar-refractivity contribution in [3.63, 3.8) is 0 Å². The van der Waals surface area contributed by atoms with Gasteiger partial charge in [-0.15, -0.1) is 0 Å². The first-order valence-electron chi connectivity index (χ1n) is 5.93. The van der Waals surface area contributed by atoms with Crippen LogP contribution in [0, 0.1) is 5.41 Å². The summed E-state index contributed by atoms with van der Waals surface area (Å²) in [6.45, 7) is 6.75. The zero-order valence-electron chi connectivity index (χ0n) is 10.9. The van der Waals surface area contributed by atoms with Crippen LogP contribution < -0.4 is 0 Å². The summed E-state index contributed by atoms with van der Waals surface area (Å²) in [5, 5.41) is 8.94. The Balaban J connectivity index is 2.23. The van der Waals surface area contributed by atoms with E-state index in [1.807, 2.05) is 20.8 Å². The highest BCUT2D eigenvalue weighted by molar-refractivity contribution is 5.88. The van der Waals surface area contributed by atoms with E-state index in [1.54, 1.807) is 23.1 Å². The summed E-state index contributed by atoms with van der Waals surface area (Å²) in [6.07, 6.45) is 0. The third-order valence-electron chi connectivity index (χ3n) is 3.10. The second-order valence-electron chi connectivity index (χ2n) is 5.70. The number of aromatic carboxylic acids is 1. The molecule has 2 rings (SSSR count). The number of carboxylic acids is 1. The molecule has 1 heterocycles. The topological polar surface area (TPSA) is 57.6 Å². The van der Waals surface area contributed by atoms with Crippen LogP contribution in [0.5, 0.6) is 0 Å². The minimum absolute atomic E-state index is 0.0931. The maximum absolute atomic E-state index is 12.2. The summed E-state index contributed by atoms with van der Waals surface area (Å²) in [4.78, 5) is 24.8. The standard InChI is InChI=1S/C14H17NO3/c1-14(2,3)13(18)15-7-10-5-4-9(12(16)17)6-11(10)8-15/h4-6H,7-8H2,1-3H3,(H,16,17). The normalized spacial score (nSPS) is 14.5. The Labute approximate surface area is 106 Å². The maximum atomic E-state index is 12.2. The number of hydrogen-bond acceptors (Lipinski definition) is 2. The molecule has 1 aromatic carbocycles. The van der Waals surface area contributed by atoms with Gasteiger partial charge in [-0.1, -0.05) is 26.8 Å². The van der Waals surface area contributed by atoms with E-state index in [9.17, 15) is 9.59 Å². The number of hydrogen-bond donors (Lipinski definition) is 1. The first-order valence-corrected chi connectivity index (χ1v) is 5.93. The fraction of sp³-hybridized carbons (Fsp3) is 0.429. The number of nitrogens with zero attached hydrogens (tertiary/aromatic N) is 1. The molecule has 1 aliphatic rings. The highest BCUT2D eigenvalue weighted by Crippen LogP contribution is 2.28. The van der Waals surface area contributed by atoms with Crippen LogP contribution in [0.15, 0.2) is 18.2 Å². The smallest absolute Gasteiger partial charge is 0.335 e. The minimum atomic E-state index is -0.932. The van der Waals surface area contributed by atoms with Gasteiger partial charge in [0.2, 0.25) is 5.91 Å². The lowest BCUT2D eigenvalue weighted by Crippen LogP contribution is -2.35. The van der Waals surface area contributed by atoms with E-state index < -0.39 is 11.4 Å². The van der Waals surface area contributed by atoms with E-state index in [0.29, 0.717) is 13.1 Å². The molecule has 0 saturated carbocycles. The van der Waals surface area contributed by atoms with Crippen LogP contribution in [-0.2, 0) is 17.9 Å². The van der Waals surface area contributed by atoms with Crippen LogP contribution in [0.2, 0.25) is 0 Å². The van der Waals surface area contributed by atoms with Crippen molar-refractivity contribution in [1.29, 1.82) is 0 Å². The zero-order chi connectivity index (χ0) is 13.5. The van der Waals surface area contributed by atoms with Gasteiger partial charge in [0.1, 0.15) is 0 Å². The molecule has 1 aliphatic heterocycles. The fourth-order valence-electron chi connectivity index (χ4n) is 2.15. The van der Waals surface area contributed by atoms with Crippen molar-refractivity contribution < 1.29 is 14.7 Å². The molecule has 4 heteroatoms. The van der Waals surface area contributed by atoms with Crippen LogP contribution in [0.3, 0.4) is 0 Å². The zero-order valence-corrected chi connectivity index (χ0v) is 10.9. The summed E-state index contributed by atoms with van der Waals surface area (Å²) < 4.78 is 0. The summed E-state index contributed by atoms with van der Waals surface area (Å²) >= 11 is 0. The van der Waals surface area contributed by atoms with Crippen LogP contribution in [0.25, 0.3) is 0 Å². The number of carbonyl (C=O) groups excluding carboxylic acids is 1. The van der Waals surface area contributed by atoms with Crippen molar-refractivity contribution in [1.82, 2.24) is 4.90 Å². The van der Waals surface area contributed by atoms with Gasteiger partial charge < -0.3 is 10.0 Å². The van der Waals surface area contributed by atoms with E-state index >= 15 is 0 Å². The van der Waals surface area contributed by atoms with Crippen LogP contribution in [0.1, 0.15) is 42.3 Å². The lowest BCUT2D eigenvalue weighted by Gasteiger charge is -2.25. The second kappa shape index (κ2) is 4.12. The molecule has 0 aliphatic carbocycles. The first-order chi connectivity index (χ1) is 8.29. The molecule has 4 nitrogen and oxygen atoms in total. The molecule has 0 radical (unpaired) electrons. The van der Waals surface area contributed by atoms with E-state index in [4.69, 9.17) is 5.11 Å². The predicted molar refractivity (Wildman–Crippen MR) is 67.1 cm³/mol. The Bertz CT molecular complexity index is 514. The van der Waals surface area contributed by atoms with Gasteiger partial charge in [0, 0.05) is 18.5 Å². The van der Waals surface area contributed by atoms with E-state index in [1.165, 1.54) is 0 Å². The van der Waals surface area contributed by atoms with E-state index in [0.717, 1.165) is 11.1 Å². The highest BCUT2D eigenvalue weighted by atomic mass is 16.4. The SMILES string of the molecule is CC(C)(C)C(=O)N1Cc2ccc(C(=O)O)cc2C1. The third kappa shape index (κ3) is 2.23. The molecule has 0 spiro atoms. The molecule has 0 fully saturated rings. The molecule has 0 saturated heterocycles. The predicted octanol–water partition coefficient (Wildman–Crippen LogP) is 2.27. The molecule has 96 valence electrons. The van der Waals surface area contributed by atoms with E-state index in [2.05, 4.69) is 0 Å². The van der Waals surface area contributed by atoms with Crippen molar-refractivity contribution >= 4 is 11.9 Å². The molecule has 18 heavy (non-hydrogen) atoms. The number of fused-ring (bicyclic) bond motifs is 1. The number of amides is 1. The number of carboxylic acid groups (broad SMARTS) is 1. The Hall–Kier alpha value is -1.84. The summed E-state index contributed by atoms with van der Waals surface area (Å²) in [7, 11) is 0. The first kappa shape index (κ1) is 12.6. The molecule has 0 atom stereocenters. The van der Waals surface area contributed by atoms with Crippen molar-refractivity contribution in [2.24, 2.45) is 5.41 Å². The van der Waals surface area contributed by atoms with Gasteiger partial charge in [-0.2, -0.15) is 0 Å². The van der Waals surface area contributed by atoms with Gasteiger partial charge in [-0.25, -0.2) is 4.79 Å². The molecular formula is C14H17NO3. The second-order valence-corrected chi connectivity index (χ2v) is 5.70. The summed E-state index contributed by atoms with van der Waals surface area (Å²) in [6, 6.07) is 5.05. The number of rotatable bonds is 1. The van der Waals surface area contributed by atoms with Crippen LogP contribution in [-0.4, -0.2) is 21.9 Å². The molecule has 0 aromatic heterocycles. The van der Waals surface area contributed by atoms with Gasteiger partial charge in [0.25, 0.3) is 0 Å². The highest BCUT2D eigenvalue weighted by Gasteiger charge is 2.31. The molecule has 0 unspecified atom stereocenters.